The van der Waals surface area contributed by atoms with Gasteiger partial charge in [-0.1, -0.05) is 0 Å². The normalized spacial score (nSPS) is 28.9. The first-order valence-corrected chi connectivity index (χ1v) is 4.53. The maximum Gasteiger partial charge on any atom is 0.260 e. The number of nitrogens with two attached hydrogens (primary N) is 1. The molecule has 76 valence electrons. The zero-order chi connectivity index (χ0) is 10.4. The van der Waals surface area contributed by atoms with E-state index in [9.17, 15) is 8.78 Å². The van der Waals surface area contributed by atoms with Crippen LogP contribution in [0.1, 0.15) is 17.7 Å². The van der Waals surface area contributed by atoms with Crippen LogP contribution in [0.15, 0.2) is 18.3 Å². The largest absolute Gasteiger partial charge is 0.329 e. The summed E-state index contributed by atoms with van der Waals surface area (Å²) in [5, 5.41) is 0. The summed E-state index contributed by atoms with van der Waals surface area (Å²) >= 11 is 0. The fourth-order valence-corrected chi connectivity index (χ4v) is 1.83. The standard InChI is InChI=1S/C10H12F2N2/c1-7-4-8(2-3-14-7)9(6-13)5-10(9,11)12/h2-4H,5-6,13H2,1H3. The third-order valence-corrected chi connectivity index (χ3v) is 2.90. The minimum atomic E-state index is -2.64. The van der Waals surface area contributed by atoms with Crippen LogP contribution in [0.3, 0.4) is 0 Å². The average molecular weight is 198 g/mol. The molecule has 1 fully saturated rings. The number of nitrogens with zero attached hydrogens (tertiary/aromatic N) is 1. The molecule has 1 aliphatic carbocycles. The molecule has 1 atom stereocenters. The molecule has 1 heterocycles. The van der Waals surface area contributed by atoms with Crippen LogP contribution in [0.25, 0.3) is 0 Å². The van der Waals surface area contributed by atoms with Crippen LogP contribution in [0.4, 0.5) is 8.78 Å². The van der Waals surface area contributed by atoms with E-state index in [4.69, 9.17) is 5.73 Å². The summed E-state index contributed by atoms with van der Waals surface area (Å²) in [6.45, 7) is 1.78. The van der Waals surface area contributed by atoms with E-state index in [-0.39, 0.29) is 13.0 Å². The van der Waals surface area contributed by atoms with Gasteiger partial charge in [0.05, 0.1) is 5.41 Å². The van der Waals surface area contributed by atoms with Crippen molar-refractivity contribution in [1.29, 1.82) is 0 Å². The Hall–Kier alpha value is -1.03. The molecule has 0 aliphatic heterocycles. The Morgan fingerprint density at radius 1 is 1.57 bits per heavy atom. The van der Waals surface area contributed by atoms with E-state index < -0.39 is 11.3 Å². The highest BCUT2D eigenvalue weighted by Gasteiger charge is 2.71. The van der Waals surface area contributed by atoms with Gasteiger partial charge in [-0.15, -0.1) is 0 Å². The number of halogens is 2. The molecule has 0 amide bonds. The van der Waals surface area contributed by atoms with Crippen LogP contribution in [-0.2, 0) is 5.41 Å². The van der Waals surface area contributed by atoms with E-state index in [1.165, 1.54) is 0 Å². The Labute approximate surface area is 81.1 Å². The number of rotatable bonds is 2. The van der Waals surface area contributed by atoms with Gasteiger partial charge in [-0.3, -0.25) is 4.98 Å². The highest BCUT2D eigenvalue weighted by molar-refractivity contribution is 5.38. The molecule has 0 bridgehead atoms. The van der Waals surface area contributed by atoms with Gasteiger partial charge < -0.3 is 5.73 Å². The molecule has 14 heavy (non-hydrogen) atoms. The van der Waals surface area contributed by atoms with Crippen molar-refractivity contribution in [3.63, 3.8) is 0 Å². The molecule has 2 N–H and O–H groups in total. The zero-order valence-corrected chi connectivity index (χ0v) is 7.93. The highest BCUT2D eigenvalue weighted by Crippen LogP contribution is 2.60. The Balaban J connectivity index is 2.40. The third-order valence-electron chi connectivity index (χ3n) is 2.90. The Morgan fingerprint density at radius 3 is 2.64 bits per heavy atom. The van der Waals surface area contributed by atoms with E-state index in [1.54, 1.807) is 25.3 Å². The van der Waals surface area contributed by atoms with Crippen molar-refractivity contribution in [1.82, 2.24) is 4.98 Å². The molecule has 1 saturated carbocycles. The second kappa shape index (κ2) is 2.73. The summed E-state index contributed by atoms with van der Waals surface area (Å²) < 4.78 is 26.3. The quantitative estimate of drug-likeness (QED) is 0.784. The summed E-state index contributed by atoms with van der Waals surface area (Å²) in [7, 11) is 0. The van der Waals surface area contributed by atoms with Crippen molar-refractivity contribution < 1.29 is 8.78 Å². The molecule has 2 rings (SSSR count). The fourth-order valence-electron chi connectivity index (χ4n) is 1.83. The van der Waals surface area contributed by atoms with E-state index in [1.807, 2.05) is 0 Å². The van der Waals surface area contributed by atoms with Crippen LogP contribution < -0.4 is 5.73 Å². The third kappa shape index (κ3) is 1.14. The predicted molar refractivity (Wildman–Crippen MR) is 49.3 cm³/mol. The van der Waals surface area contributed by atoms with E-state index in [0.29, 0.717) is 5.56 Å². The average Bonchev–Trinajstić information content (AvgIpc) is 2.70. The number of hydrogen-bond donors (Lipinski definition) is 1. The van der Waals surface area contributed by atoms with Crippen LogP contribution in [-0.4, -0.2) is 17.5 Å². The van der Waals surface area contributed by atoms with Gasteiger partial charge in [-0.2, -0.15) is 0 Å². The molecule has 0 radical (unpaired) electrons. The molecule has 1 unspecified atom stereocenters. The van der Waals surface area contributed by atoms with Crippen molar-refractivity contribution in [2.75, 3.05) is 6.54 Å². The summed E-state index contributed by atoms with van der Waals surface area (Å²) in [6.07, 6.45) is 1.41. The molecular weight excluding hydrogens is 186 g/mol. The van der Waals surface area contributed by atoms with Crippen LogP contribution >= 0.6 is 0 Å². The molecule has 0 spiro atoms. The lowest BCUT2D eigenvalue weighted by Gasteiger charge is -2.14. The fraction of sp³-hybridized carbons (Fsp3) is 0.500. The van der Waals surface area contributed by atoms with Crippen molar-refractivity contribution in [2.24, 2.45) is 5.73 Å². The lowest BCUT2D eigenvalue weighted by Crippen LogP contribution is -2.26. The zero-order valence-electron chi connectivity index (χ0n) is 7.93. The Bertz CT molecular complexity index is 365. The van der Waals surface area contributed by atoms with Crippen LogP contribution in [0, 0.1) is 6.92 Å². The number of pyridine rings is 1. The number of aryl methyl sites for hydroxylation is 1. The SMILES string of the molecule is Cc1cc(C2(CN)CC2(F)F)ccn1. The van der Waals surface area contributed by atoms with Crippen molar-refractivity contribution >= 4 is 0 Å². The number of aromatic nitrogens is 1. The predicted octanol–water partition coefficient (Wildman–Crippen LogP) is 1.63. The lowest BCUT2D eigenvalue weighted by molar-refractivity contribution is 0.0896. The van der Waals surface area contributed by atoms with E-state index in [2.05, 4.69) is 4.98 Å². The highest BCUT2D eigenvalue weighted by atomic mass is 19.3. The molecule has 0 saturated heterocycles. The van der Waals surface area contributed by atoms with Gasteiger partial charge in [0.1, 0.15) is 0 Å². The van der Waals surface area contributed by atoms with Gasteiger partial charge in [0, 0.05) is 24.9 Å². The Morgan fingerprint density at radius 2 is 2.21 bits per heavy atom. The maximum atomic E-state index is 13.2. The molecule has 1 aromatic heterocycles. The molecule has 4 heteroatoms. The van der Waals surface area contributed by atoms with E-state index >= 15 is 0 Å². The minimum absolute atomic E-state index is 0.0105. The van der Waals surface area contributed by atoms with Crippen molar-refractivity contribution in [3.8, 4) is 0 Å². The molecular formula is C10H12F2N2. The second-order valence-corrected chi connectivity index (χ2v) is 3.85. The first-order chi connectivity index (χ1) is 6.52. The summed E-state index contributed by atoms with van der Waals surface area (Å²) in [4.78, 5) is 3.98. The van der Waals surface area contributed by atoms with Gasteiger partial charge in [-0.05, 0) is 24.6 Å². The van der Waals surface area contributed by atoms with Crippen LogP contribution in [0.5, 0.6) is 0 Å². The van der Waals surface area contributed by atoms with Gasteiger partial charge in [0.2, 0.25) is 0 Å². The van der Waals surface area contributed by atoms with Crippen molar-refractivity contribution in [3.05, 3.63) is 29.6 Å². The molecule has 0 aromatic carbocycles. The van der Waals surface area contributed by atoms with Gasteiger partial charge >= 0.3 is 0 Å². The summed E-state index contributed by atoms with van der Waals surface area (Å²) in [5.41, 5.74) is 5.66. The number of alkyl halides is 2. The second-order valence-electron chi connectivity index (χ2n) is 3.85. The van der Waals surface area contributed by atoms with Gasteiger partial charge in [0.25, 0.3) is 5.92 Å². The Kier molecular flexibility index (Phi) is 1.86. The molecule has 1 aliphatic rings. The molecule has 2 nitrogen and oxygen atoms in total. The monoisotopic (exact) mass is 198 g/mol. The van der Waals surface area contributed by atoms with Gasteiger partial charge in [-0.25, -0.2) is 8.78 Å². The smallest absolute Gasteiger partial charge is 0.260 e. The summed E-state index contributed by atoms with van der Waals surface area (Å²) in [6, 6.07) is 3.31. The van der Waals surface area contributed by atoms with Crippen molar-refractivity contribution in [2.45, 2.75) is 24.7 Å². The summed E-state index contributed by atoms with van der Waals surface area (Å²) in [5.74, 6) is -2.64. The first-order valence-electron chi connectivity index (χ1n) is 4.53. The lowest BCUT2D eigenvalue weighted by atomic mass is 9.96. The van der Waals surface area contributed by atoms with Gasteiger partial charge in [0.15, 0.2) is 0 Å². The topological polar surface area (TPSA) is 38.9 Å². The minimum Gasteiger partial charge on any atom is -0.329 e. The maximum absolute atomic E-state index is 13.2. The molecule has 1 aromatic rings. The first kappa shape index (κ1) is 9.52. The van der Waals surface area contributed by atoms with E-state index in [0.717, 1.165) is 5.69 Å². The number of hydrogen-bond acceptors (Lipinski definition) is 2. The van der Waals surface area contributed by atoms with Crippen LogP contribution in [0.2, 0.25) is 0 Å².